The van der Waals surface area contributed by atoms with Crippen molar-refractivity contribution in [1.29, 1.82) is 0 Å². The fourth-order valence-corrected chi connectivity index (χ4v) is 2.56. The standard InChI is InChI=1S/C13H13BrClFN2O/c1-7(2)18-12(10(14)6-17-18)13(19)9-5-8(15)3-4-11(9)16/h3-7,13,19H,1-2H3. The number of aromatic nitrogens is 2. The van der Waals surface area contributed by atoms with Gasteiger partial charge in [-0.3, -0.25) is 4.68 Å². The van der Waals surface area contributed by atoms with Crippen LogP contribution in [-0.4, -0.2) is 14.9 Å². The first-order valence-corrected chi connectivity index (χ1v) is 6.94. The van der Waals surface area contributed by atoms with Crippen LogP contribution >= 0.6 is 27.5 Å². The molecule has 6 heteroatoms. The van der Waals surface area contributed by atoms with Gasteiger partial charge in [-0.2, -0.15) is 5.10 Å². The number of benzene rings is 1. The SMILES string of the molecule is CC(C)n1ncc(Br)c1C(O)c1cc(Cl)ccc1F. The van der Waals surface area contributed by atoms with E-state index in [1.807, 2.05) is 13.8 Å². The van der Waals surface area contributed by atoms with E-state index in [-0.39, 0.29) is 11.6 Å². The molecule has 1 N–H and O–H groups in total. The van der Waals surface area contributed by atoms with Gasteiger partial charge in [-0.05, 0) is 48.0 Å². The fraction of sp³-hybridized carbons (Fsp3) is 0.308. The smallest absolute Gasteiger partial charge is 0.129 e. The second-order valence-corrected chi connectivity index (χ2v) is 5.78. The molecule has 0 spiro atoms. The third-order valence-corrected chi connectivity index (χ3v) is 3.63. The van der Waals surface area contributed by atoms with Gasteiger partial charge in [-0.15, -0.1) is 0 Å². The van der Waals surface area contributed by atoms with Crippen molar-refractivity contribution in [3.63, 3.8) is 0 Å². The average molecular weight is 348 g/mol. The number of aliphatic hydroxyl groups excluding tert-OH is 1. The molecule has 3 nitrogen and oxygen atoms in total. The summed E-state index contributed by atoms with van der Waals surface area (Å²) in [7, 11) is 0. The number of halogens is 3. The minimum atomic E-state index is -1.13. The summed E-state index contributed by atoms with van der Waals surface area (Å²) in [6.45, 7) is 3.87. The lowest BCUT2D eigenvalue weighted by Crippen LogP contribution is -2.13. The normalized spacial score (nSPS) is 13.0. The molecule has 0 bridgehead atoms. The van der Waals surface area contributed by atoms with Crippen LogP contribution in [0.1, 0.15) is 37.3 Å². The molecule has 19 heavy (non-hydrogen) atoms. The molecule has 2 rings (SSSR count). The van der Waals surface area contributed by atoms with Gasteiger partial charge in [0, 0.05) is 16.6 Å². The summed E-state index contributed by atoms with van der Waals surface area (Å²) in [5, 5.41) is 15.0. The molecule has 0 aliphatic carbocycles. The molecule has 2 aromatic rings. The Kier molecular flexibility index (Phi) is 4.28. The number of rotatable bonds is 3. The van der Waals surface area contributed by atoms with Gasteiger partial charge in [0.15, 0.2) is 0 Å². The van der Waals surface area contributed by atoms with E-state index < -0.39 is 11.9 Å². The third-order valence-electron chi connectivity index (χ3n) is 2.79. The van der Waals surface area contributed by atoms with Crippen LogP contribution in [0.3, 0.4) is 0 Å². The molecule has 1 atom stereocenters. The average Bonchev–Trinajstić information content (AvgIpc) is 2.73. The highest BCUT2D eigenvalue weighted by atomic mass is 79.9. The topological polar surface area (TPSA) is 38.0 Å². The zero-order valence-corrected chi connectivity index (χ0v) is 12.8. The Balaban J connectivity index is 2.52. The van der Waals surface area contributed by atoms with E-state index >= 15 is 0 Å². The molecule has 0 saturated carbocycles. The Labute approximate surface area is 124 Å². The number of hydrogen-bond donors (Lipinski definition) is 1. The van der Waals surface area contributed by atoms with Crippen molar-refractivity contribution in [3.8, 4) is 0 Å². The lowest BCUT2D eigenvalue weighted by atomic mass is 10.1. The molecule has 0 amide bonds. The van der Waals surface area contributed by atoms with E-state index in [1.54, 1.807) is 10.9 Å². The monoisotopic (exact) mass is 346 g/mol. The van der Waals surface area contributed by atoms with Crippen molar-refractivity contribution in [2.24, 2.45) is 0 Å². The van der Waals surface area contributed by atoms with Crippen molar-refractivity contribution in [2.45, 2.75) is 26.0 Å². The van der Waals surface area contributed by atoms with Crippen molar-refractivity contribution in [2.75, 3.05) is 0 Å². The maximum Gasteiger partial charge on any atom is 0.129 e. The van der Waals surface area contributed by atoms with Crippen LogP contribution in [0.2, 0.25) is 5.02 Å². The predicted molar refractivity (Wildman–Crippen MR) is 75.8 cm³/mol. The van der Waals surface area contributed by atoms with Crippen molar-refractivity contribution in [3.05, 3.63) is 51.0 Å². The molecule has 0 radical (unpaired) electrons. The van der Waals surface area contributed by atoms with E-state index in [0.29, 0.717) is 15.2 Å². The van der Waals surface area contributed by atoms with Gasteiger partial charge < -0.3 is 5.11 Å². The van der Waals surface area contributed by atoms with E-state index in [2.05, 4.69) is 21.0 Å². The second-order valence-electron chi connectivity index (χ2n) is 4.48. The lowest BCUT2D eigenvalue weighted by molar-refractivity contribution is 0.199. The largest absolute Gasteiger partial charge is 0.382 e. The highest BCUT2D eigenvalue weighted by Gasteiger charge is 2.23. The molecular formula is C13H13BrClFN2O. The van der Waals surface area contributed by atoms with E-state index in [9.17, 15) is 9.50 Å². The summed E-state index contributed by atoms with van der Waals surface area (Å²) in [6, 6.07) is 4.16. The van der Waals surface area contributed by atoms with Crippen molar-refractivity contribution in [1.82, 2.24) is 9.78 Å². The van der Waals surface area contributed by atoms with Crippen LogP contribution in [0.15, 0.2) is 28.9 Å². The van der Waals surface area contributed by atoms with Crippen molar-refractivity contribution < 1.29 is 9.50 Å². The van der Waals surface area contributed by atoms with Crippen LogP contribution in [0.5, 0.6) is 0 Å². The number of hydrogen-bond acceptors (Lipinski definition) is 2. The van der Waals surface area contributed by atoms with Gasteiger partial charge in [-0.1, -0.05) is 11.6 Å². The summed E-state index contributed by atoms with van der Waals surface area (Å²) in [5.41, 5.74) is 0.645. The molecule has 0 saturated heterocycles. The Morgan fingerprint density at radius 2 is 2.11 bits per heavy atom. The Hall–Kier alpha value is -0.910. The zero-order valence-electron chi connectivity index (χ0n) is 10.4. The first-order chi connectivity index (χ1) is 8.91. The zero-order chi connectivity index (χ0) is 14.2. The second kappa shape index (κ2) is 5.61. The van der Waals surface area contributed by atoms with Gasteiger partial charge >= 0.3 is 0 Å². The highest BCUT2D eigenvalue weighted by molar-refractivity contribution is 9.10. The third kappa shape index (κ3) is 2.83. The summed E-state index contributed by atoms with van der Waals surface area (Å²) in [5.74, 6) is -0.500. The molecule has 0 aliphatic rings. The highest BCUT2D eigenvalue weighted by Crippen LogP contribution is 2.32. The Morgan fingerprint density at radius 3 is 2.74 bits per heavy atom. The number of aliphatic hydroxyl groups is 1. The van der Waals surface area contributed by atoms with Crippen LogP contribution < -0.4 is 0 Å². The molecule has 102 valence electrons. The summed E-state index contributed by atoms with van der Waals surface area (Å²) in [6.07, 6.45) is 0.457. The number of nitrogens with zero attached hydrogens (tertiary/aromatic N) is 2. The molecule has 1 aromatic heterocycles. The van der Waals surface area contributed by atoms with E-state index in [1.165, 1.54) is 18.2 Å². The predicted octanol–water partition coefficient (Wildman–Crippen LogP) is 4.10. The molecule has 0 fully saturated rings. The molecule has 1 heterocycles. The van der Waals surface area contributed by atoms with Crippen molar-refractivity contribution >= 4 is 27.5 Å². The first-order valence-electron chi connectivity index (χ1n) is 5.77. The van der Waals surface area contributed by atoms with Crippen LogP contribution in [0.4, 0.5) is 4.39 Å². The van der Waals surface area contributed by atoms with Gasteiger partial charge in [0.2, 0.25) is 0 Å². The van der Waals surface area contributed by atoms with Gasteiger partial charge in [-0.25, -0.2) is 4.39 Å². The van der Waals surface area contributed by atoms with E-state index in [0.717, 1.165) is 0 Å². The minimum absolute atomic E-state index is 0.0539. The Morgan fingerprint density at radius 1 is 1.42 bits per heavy atom. The lowest BCUT2D eigenvalue weighted by Gasteiger charge is -2.17. The summed E-state index contributed by atoms with van der Waals surface area (Å²) < 4.78 is 16.1. The molecule has 1 unspecified atom stereocenters. The maximum atomic E-state index is 13.8. The Bertz CT molecular complexity index is 600. The maximum absolute atomic E-state index is 13.8. The summed E-state index contributed by atoms with van der Waals surface area (Å²) >= 11 is 9.18. The van der Waals surface area contributed by atoms with Crippen LogP contribution in [0.25, 0.3) is 0 Å². The fourth-order valence-electron chi connectivity index (χ4n) is 1.89. The molecular weight excluding hydrogens is 335 g/mol. The van der Waals surface area contributed by atoms with Crippen LogP contribution in [-0.2, 0) is 0 Å². The van der Waals surface area contributed by atoms with Gasteiger partial charge in [0.1, 0.15) is 11.9 Å². The summed E-state index contributed by atoms with van der Waals surface area (Å²) in [4.78, 5) is 0. The minimum Gasteiger partial charge on any atom is -0.382 e. The van der Waals surface area contributed by atoms with Crippen LogP contribution in [0, 0.1) is 5.82 Å². The quantitative estimate of drug-likeness (QED) is 0.907. The molecule has 0 aliphatic heterocycles. The molecule has 1 aromatic carbocycles. The van der Waals surface area contributed by atoms with E-state index in [4.69, 9.17) is 11.6 Å². The van der Waals surface area contributed by atoms with Gasteiger partial charge in [0.25, 0.3) is 0 Å². The first kappa shape index (κ1) is 14.5. The van der Waals surface area contributed by atoms with Gasteiger partial charge in [0.05, 0.1) is 16.4 Å².